The number of hydrogen-bond acceptors (Lipinski definition) is 1. The monoisotopic (exact) mass is 106 g/mol. The third-order valence-corrected chi connectivity index (χ3v) is 0.446. The minimum absolute atomic E-state index is 0.0584. The Kier molecular flexibility index (Phi) is 3.67. The molecule has 0 atom stereocenters. The quantitative estimate of drug-likeness (QED) is 0.231. The summed E-state index contributed by atoms with van der Waals surface area (Å²) in [4.78, 5) is 3.53. The Bertz CT molecular complexity index is 122. The molecule has 0 aromatic carbocycles. The van der Waals surface area contributed by atoms with Gasteiger partial charge in [0, 0.05) is 11.9 Å². The van der Waals surface area contributed by atoms with Crippen LogP contribution in [0, 0.1) is 0 Å². The van der Waals surface area contributed by atoms with Gasteiger partial charge in [-0.2, -0.15) is 0 Å². The summed E-state index contributed by atoms with van der Waals surface area (Å²) in [6.45, 7) is 3.42. The van der Waals surface area contributed by atoms with Crippen molar-refractivity contribution in [2.45, 2.75) is 0 Å². The van der Waals surface area contributed by atoms with Crippen molar-refractivity contribution in [1.82, 2.24) is 0 Å². The number of rotatable bonds is 2. The molecular weight excluding hydrogens is 98.9 g/mol. The van der Waals surface area contributed by atoms with Crippen LogP contribution in [0.5, 0.6) is 0 Å². The van der Waals surface area contributed by atoms with Crippen LogP contribution in [0.25, 0.3) is 0 Å². The van der Waals surface area contributed by atoms with Crippen LogP contribution in [-0.4, -0.2) is 13.6 Å². The van der Waals surface area contributed by atoms with Gasteiger partial charge in [0.25, 0.3) is 0 Å². The van der Waals surface area contributed by atoms with Gasteiger partial charge in [-0.05, 0) is 6.08 Å². The van der Waals surface area contributed by atoms with Crippen molar-refractivity contribution in [3.63, 3.8) is 0 Å². The molecule has 0 spiro atoms. The second kappa shape index (κ2) is 4.18. The van der Waals surface area contributed by atoms with E-state index in [-0.39, 0.29) is 5.73 Å². The topological polar surface area (TPSA) is 38.4 Å². The van der Waals surface area contributed by atoms with Crippen LogP contribution in [0.3, 0.4) is 0 Å². The number of hydrogen-bond donors (Lipinski definition) is 1. The molecule has 3 heteroatoms. The first-order valence-electron chi connectivity index (χ1n) is 2.13. The highest BCUT2D eigenvalue weighted by molar-refractivity contribution is 6.58. The Morgan fingerprint density at radius 2 is 2.38 bits per heavy atom. The molecule has 0 aliphatic carbocycles. The van der Waals surface area contributed by atoms with Gasteiger partial charge in [0.05, 0.1) is 0 Å². The number of amidine groups is 1. The Hall–Kier alpha value is -0.985. The fourth-order valence-corrected chi connectivity index (χ4v) is 0.190. The van der Waals surface area contributed by atoms with E-state index in [1.54, 1.807) is 12.2 Å². The Morgan fingerprint density at radius 3 is 2.75 bits per heavy atom. The van der Waals surface area contributed by atoms with Crippen molar-refractivity contribution in [2.24, 2.45) is 10.7 Å². The van der Waals surface area contributed by atoms with E-state index >= 15 is 0 Å². The van der Waals surface area contributed by atoms with Gasteiger partial charge in [-0.25, -0.2) is 0 Å². The summed E-state index contributed by atoms with van der Waals surface area (Å²) in [7, 11) is 4.98. The second-order valence-electron chi connectivity index (χ2n) is 1.13. The molecule has 0 aliphatic heterocycles. The summed E-state index contributed by atoms with van der Waals surface area (Å²) < 4.78 is 0. The van der Waals surface area contributed by atoms with Crippen molar-refractivity contribution in [2.75, 3.05) is 0 Å². The fourth-order valence-electron chi connectivity index (χ4n) is 0.190. The Morgan fingerprint density at radius 1 is 1.75 bits per heavy atom. The summed E-state index contributed by atoms with van der Waals surface area (Å²) in [5.74, 6) is 0. The minimum Gasteiger partial charge on any atom is -0.396 e. The number of nitrogens with two attached hydrogens (primary N) is 1. The zero-order valence-electron chi connectivity index (χ0n) is 4.54. The van der Waals surface area contributed by atoms with Gasteiger partial charge >= 0.3 is 0 Å². The van der Waals surface area contributed by atoms with E-state index in [0.29, 0.717) is 0 Å². The van der Waals surface area contributed by atoms with Crippen molar-refractivity contribution < 1.29 is 0 Å². The van der Waals surface area contributed by atoms with Gasteiger partial charge in [0.2, 0.25) is 0 Å². The van der Waals surface area contributed by atoms with E-state index in [1.807, 2.05) is 0 Å². The maximum absolute atomic E-state index is 4.98. The van der Waals surface area contributed by atoms with Crippen molar-refractivity contribution in [3.05, 3.63) is 24.9 Å². The van der Waals surface area contributed by atoms with E-state index in [2.05, 4.69) is 11.6 Å². The number of aliphatic imine (C=N–C) groups is 1. The molecule has 0 unspecified atom stereocenters. The van der Waals surface area contributed by atoms with Crippen LogP contribution in [-0.2, 0) is 0 Å². The first kappa shape index (κ1) is 7.01. The molecule has 8 heavy (non-hydrogen) atoms. The van der Waals surface area contributed by atoms with Gasteiger partial charge in [0.1, 0.15) is 0 Å². The molecule has 0 amide bonds. The van der Waals surface area contributed by atoms with Crippen LogP contribution >= 0.6 is 0 Å². The molecule has 0 fully saturated rings. The summed E-state index contributed by atoms with van der Waals surface area (Å²) in [6, 6.07) is 0. The lowest BCUT2D eigenvalue weighted by Crippen LogP contribution is -2.09. The smallest absolute Gasteiger partial charge is 0.166 e. The molecule has 0 aromatic heterocycles. The fraction of sp³-hybridized carbons (Fsp3) is 0. The first-order chi connectivity index (χ1) is 3.77. The lowest BCUT2D eigenvalue weighted by atomic mass is 10.1. The Labute approximate surface area is 50.2 Å². The van der Waals surface area contributed by atoms with Crippen molar-refractivity contribution in [3.8, 4) is 0 Å². The summed E-state index contributed by atoms with van der Waals surface area (Å²) in [5, 5.41) is 0. The Balaban J connectivity index is 3.57. The predicted octanol–water partition coefficient (Wildman–Crippen LogP) is 0.169. The molecule has 0 rings (SSSR count). The van der Waals surface area contributed by atoms with Crippen LogP contribution < -0.4 is 5.73 Å². The third kappa shape index (κ3) is 5.01. The largest absolute Gasteiger partial charge is 0.396 e. The highest BCUT2D eigenvalue weighted by atomic mass is 14.8. The van der Waals surface area contributed by atoms with Gasteiger partial charge in [-0.3, -0.25) is 4.99 Å². The van der Waals surface area contributed by atoms with E-state index in [0.717, 1.165) is 0 Å². The molecule has 2 radical (unpaired) electrons. The van der Waals surface area contributed by atoms with Crippen molar-refractivity contribution >= 4 is 13.6 Å². The molecule has 0 aromatic rings. The molecule has 2 nitrogen and oxygen atoms in total. The SMILES string of the molecule is [B]C(N)=N/C=C\C=C. The predicted molar refractivity (Wildman–Crippen MR) is 36.7 cm³/mol. The van der Waals surface area contributed by atoms with Crippen molar-refractivity contribution in [1.29, 1.82) is 0 Å². The van der Waals surface area contributed by atoms with Crippen LogP contribution in [0.4, 0.5) is 0 Å². The third-order valence-electron chi connectivity index (χ3n) is 0.446. The van der Waals surface area contributed by atoms with Gasteiger partial charge in [-0.15, -0.1) is 0 Å². The normalized spacial score (nSPS) is 12.2. The van der Waals surface area contributed by atoms with Crippen LogP contribution in [0.2, 0.25) is 0 Å². The van der Waals surface area contributed by atoms with E-state index in [4.69, 9.17) is 13.6 Å². The molecule has 2 N–H and O–H groups in total. The molecule has 0 heterocycles. The standard InChI is InChI=1S/C5H7BN2/c1-2-3-4-8-5(6)7/h2-4H,1H2,(H2,7,8)/b4-3-. The maximum atomic E-state index is 4.98. The summed E-state index contributed by atoms with van der Waals surface area (Å²) in [5.41, 5.74) is 5.03. The highest BCUT2D eigenvalue weighted by Crippen LogP contribution is 1.72. The van der Waals surface area contributed by atoms with Crippen LogP contribution in [0.15, 0.2) is 29.9 Å². The number of nitrogens with zero attached hydrogens (tertiary/aromatic N) is 1. The van der Waals surface area contributed by atoms with E-state index in [1.165, 1.54) is 6.20 Å². The lowest BCUT2D eigenvalue weighted by Gasteiger charge is -1.80. The van der Waals surface area contributed by atoms with E-state index < -0.39 is 0 Å². The number of allylic oxidation sites excluding steroid dienone is 2. The average Bonchev–Trinajstić information content (AvgIpc) is 1.66. The van der Waals surface area contributed by atoms with Gasteiger partial charge in [0.15, 0.2) is 7.85 Å². The zero-order valence-corrected chi connectivity index (χ0v) is 4.54. The van der Waals surface area contributed by atoms with Gasteiger partial charge < -0.3 is 5.73 Å². The molecular formula is C5H7BN2. The zero-order chi connectivity index (χ0) is 6.41. The molecule has 0 aliphatic rings. The summed E-state index contributed by atoms with van der Waals surface area (Å²) >= 11 is 0. The highest BCUT2D eigenvalue weighted by Gasteiger charge is 1.67. The molecule has 0 saturated carbocycles. The van der Waals surface area contributed by atoms with Crippen LogP contribution in [0.1, 0.15) is 0 Å². The minimum atomic E-state index is 0.0584. The molecule has 0 saturated heterocycles. The average molecular weight is 106 g/mol. The first-order valence-corrected chi connectivity index (χ1v) is 2.13. The maximum Gasteiger partial charge on any atom is 0.166 e. The second-order valence-corrected chi connectivity index (χ2v) is 1.13. The summed E-state index contributed by atoms with van der Waals surface area (Å²) in [6.07, 6.45) is 4.70. The van der Waals surface area contributed by atoms with E-state index in [9.17, 15) is 0 Å². The molecule has 40 valence electrons. The van der Waals surface area contributed by atoms with Gasteiger partial charge in [-0.1, -0.05) is 12.7 Å². The molecule has 0 bridgehead atoms. The lowest BCUT2D eigenvalue weighted by molar-refractivity contribution is 1.54.